The van der Waals surface area contributed by atoms with Crippen molar-refractivity contribution in [3.8, 4) is 0 Å². The fraction of sp³-hybridized carbons (Fsp3) is 0.889. The molecule has 1 heteroatoms. The molecule has 0 amide bonds. The van der Waals surface area contributed by atoms with E-state index in [0.29, 0.717) is 5.41 Å². The van der Waals surface area contributed by atoms with E-state index < -0.39 is 0 Å². The first-order valence-electron chi connectivity index (χ1n) is 4.18. The Kier molecular flexibility index (Phi) is 4.33. The molecule has 0 N–H and O–H groups in total. The summed E-state index contributed by atoms with van der Waals surface area (Å²) in [6.07, 6.45) is 5.72. The van der Waals surface area contributed by atoms with E-state index >= 15 is 0 Å². The summed E-state index contributed by atoms with van der Waals surface area (Å²) in [6, 6.07) is 0. The van der Waals surface area contributed by atoms with Gasteiger partial charge < -0.3 is 4.99 Å². The largest absolute Gasteiger partial charge is 0.300 e. The Morgan fingerprint density at radius 3 is 1.60 bits per heavy atom. The van der Waals surface area contributed by atoms with Gasteiger partial charge in [0, 0.05) is 18.7 Å². The van der Waals surface area contributed by atoms with Crippen molar-refractivity contribution in [3.63, 3.8) is 0 Å². The van der Waals surface area contributed by atoms with Crippen LogP contribution < -0.4 is 0 Å². The predicted molar refractivity (Wildman–Crippen MR) is 47.7 cm³/mol. The van der Waals surface area contributed by atoms with Crippen molar-refractivity contribution in [3.05, 3.63) is 0 Å². The molecule has 0 fully saturated rings. The van der Waals surface area contributed by atoms with E-state index in [2.05, 4.69) is 32.0 Å². The smallest absolute Gasteiger partial charge is 0.0273 e. The summed E-state index contributed by atoms with van der Waals surface area (Å²) < 4.78 is 0. The molecule has 0 radical (unpaired) electrons. The van der Waals surface area contributed by atoms with Crippen LogP contribution in [0.4, 0.5) is 0 Å². The molecular weight excluding hydrogens is 122 g/mol. The van der Waals surface area contributed by atoms with Gasteiger partial charge in [0.1, 0.15) is 0 Å². The van der Waals surface area contributed by atoms with Gasteiger partial charge in [0.05, 0.1) is 0 Å². The molecular formula is C9H19N. The van der Waals surface area contributed by atoms with Crippen LogP contribution in [-0.4, -0.2) is 13.3 Å². The van der Waals surface area contributed by atoms with Gasteiger partial charge in [0.25, 0.3) is 0 Å². The van der Waals surface area contributed by atoms with Crippen LogP contribution in [0, 0.1) is 5.41 Å². The van der Waals surface area contributed by atoms with Crippen molar-refractivity contribution in [2.75, 3.05) is 7.05 Å². The molecule has 0 aromatic carbocycles. The van der Waals surface area contributed by atoms with Crippen LogP contribution in [0.2, 0.25) is 0 Å². The highest BCUT2D eigenvalue weighted by Gasteiger charge is 2.20. The monoisotopic (exact) mass is 141 g/mol. The van der Waals surface area contributed by atoms with E-state index in [9.17, 15) is 0 Å². The second kappa shape index (κ2) is 4.48. The molecule has 60 valence electrons. The van der Waals surface area contributed by atoms with E-state index in [1.807, 2.05) is 7.05 Å². The molecule has 10 heavy (non-hydrogen) atoms. The Balaban J connectivity index is 4.15. The maximum atomic E-state index is 4.10. The highest BCUT2D eigenvalue weighted by atomic mass is 14.7. The number of aliphatic imine (C=N–C) groups is 1. The summed E-state index contributed by atoms with van der Waals surface area (Å²) in [4.78, 5) is 4.10. The Morgan fingerprint density at radius 1 is 1.10 bits per heavy atom. The molecule has 0 rings (SSSR count). The summed E-state index contributed by atoms with van der Waals surface area (Å²) in [5.41, 5.74) is 0.384. The highest BCUT2D eigenvalue weighted by Crippen LogP contribution is 2.27. The topological polar surface area (TPSA) is 12.4 Å². The molecule has 0 aliphatic rings. The second-order valence-electron chi connectivity index (χ2n) is 2.81. The molecule has 1 nitrogen and oxygen atoms in total. The maximum Gasteiger partial charge on any atom is 0.0273 e. The standard InChI is InChI=1S/C9H19N/c1-5-9(6-2,7-3)8-10-4/h8H,5-7H2,1-4H3. The minimum absolute atomic E-state index is 0.384. The number of nitrogens with zero attached hydrogens (tertiary/aromatic N) is 1. The van der Waals surface area contributed by atoms with E-state index in [4.69, 9.17) is 0 Å². The van der Waals surface area contributed by atoms with Gasteiger partial charge in [0.2, 0.25) is 0 Å². The minimum atomic E-state index is 0.384. The van der Waals surface area contributed by atoms with Gasteiger partial charge in [-0.2, -0.15) is 0 Å². The van der Waals surface area contributed by atoms with Crippen LogP contribution >= 0.6 is 0 Å². The quantitative estimate of drug-likeness (QED) is 0.534. The van der Waals surface area contributed by atoms with Crippen LogP contribution in [0.15, 0.2) is 4.99 Å². The lowest BCUT2D eigenvalue weighted by atomic mass is 9.81. The van der Waals surface area contributed by atoms with Crippen molar-refractivity contribution in [1.29, 1.82) is 0 Å². The number of rotatable bonds is 4. The van der Waals surface area contributed by atoms with Gasteiger partial charge in [-0.25, -0.2) is 0 Å². The lowest BCUT2D eigenvalue weighted by Gasteiger charge is -2.24. The second-order valence-corrected chi connectivity index (χ2v) is 2.81. The van der Waals surface area contributed by atoms with Crippen molar-refractivity contribution < 1.29 is 0 Å². The SMILES string of the molecule is CCC(C=NC)(CC)CC. The summed E-state index contributed by atoms with van der Waals surface area (Å²) in [5.74, 6) is 0. The molecule has 0 aromatic heterocycles. The van der Waals surface area contributed by atoms with Crippen LogP contribution in [0.5, 0.6) is 0 Å². The van der Waals surface area contributed by atoms with Gasteiger partial charge >= 0.3 is 0 Å². The van der Waals surface area contributed by atoms with Gasteiger partial charge in [-0.3, -0.25) is 0 Å². The zero-order valence-electron chi connectivity index (χ0n) is 7.65. The minimum Gasteiger partial charge on any atom is -0.300 e. The normalized spacial score (nSPS) is 12.8. The van der Waals surface area contributed by atoms with Crippen molar-refractivity contribution >= 4 is 6.21 Å². The molecule has 0 saturated heterocycles. The van der Waals surface area contributed by atoms with Crippen LogP contribution in [0.25, 0.3) is 0 Å². The summed E-state index contributed by atoms with van der Waals surface area (Å²) in [5, 5.41) is 0. The fourth-order valence-electron chi connectivity index (χ4n) is 1.30. The van der Waals surface area contributed by atoms with Crippen LogP contribution in [-0.2, 0) is 0 Å². The third-order valence-electron chi connectivity index (χ3n) is 2.52. The van der Waals surface area contributed by atoms with Crippen molar-refractivity contribution in [1.82, 2.24) is 0 Å². The Bertz CT molecular complexity index is 93.0. The van der Waals surface area contributed by atoms with Gasteiger partial charge in [0.15, 0.2) is 0 Å². The van der Waals surface area contributed by atoms with E-state index in [1.165, 1.54) is 19.3 Å². The molecule has 0 atom stereocenters. The summed E-state index contributed by atoms with van der Waals surface area (Å²) in [7, 11) is 1.86. The first kappa shape index (κ1) is 9.67. The highest BCUT2D eigenvalue weighted by molar-refractivity contribution is 5.65. The average molecular weight is 141 g/mol. The lowest BCUT2D eigenvalue weighted by molar-refractivity contribution is 0.383. The maximum absolute atomic E-state index is 4.10. The van der Waals surface area contributed by atoms with Crippen LogP contribution in [0.1, 0.15) is 40.0 Å². The zero-order valence-corrected chi connectivity index (χ0v) is 7.65. The third-order valence-corrected chi connectivity index (χ3v) is 2.52. The number of hydrogen-bond acceptors (Lipinski definition) is 1. The Hall–Kier alpha value is -0.330. The molecule has 0 bridgehead atoms. The lowest BCUT2D eigenvalue weighted by Crippen LogP contribution is -2.19. The molecule has 0 spiro atoms. The number of hydrogen-bond donors (Lipinski definition) is 0. The Morgan fingerprint density at radius 2 is 1.50 bits per heavy atom. The van der Waals surface area contributed by atoms with E-state index in [-0.39, 0.29) is 0 Å². The molecule has 0 aromatic rings. The summed E-state index contributed by atoms with van der Waals surface area (Å²) >= 11 is 0. The van der Waals surface area contributed by atoms with Crippen molar-refractivity contribution in [2.24, 2.45) is 10.4 Å². The first-order chi connectivity index (χ1) is 4.74. The molecule has 0 heterocycles. The average Bonchev–Trinajstić information content (AvgIpc) is 2.01. The fourth-order valence-corrected chi connectivity index (χ4v) is 1.30. The molecule has 0 saturated carbocycles. The van der Waals surface area contributed by atoms with Crippen molar-refractivity contribution in [2.45, 2.75) is 40.0 Å². The molecule has 0 aliphatic carbocycles. The van der Waals surface area contributed by atoms with Gasteiger partial charge in [-0.05, 0) is 19.3 Å². The molecule has 0 unspecified atom stereocenters. The first-order valence-corrected chi connectivity index (χ1v) is 4.18. The van der Waals surface area contributed by atoms with Gasteiger partial charge in [-0.15, -0.1) is 0 Å². The van der Waals surface area contributed by atoms with E-state index in [1.54, 1.807) is 0 Å². The van der Waals surface area contributed by atoms with Gasteiger partial charge in [-0.1, -0.05) is 20.8 Å². The van der Waals surface area contributed by atoms with E-state index in [0.717, 1.165) is 0 Å². The third kappa shape index (κ3) is 2.13. The predicted octanol–water partition coefficient (Wildman–Crippen LogP) is 2.90. The Labute approximate surface area is 64.6 Å². The van der Waals surface area contributed by atoms with Crippen LogP contribution in [0.3, 0.4) is 0 Å². The zero-order chi connectivity index (χ0) is 8.04. The molecule has 0 aliphatic heterocycles. The summed E-state index contributed by atoms with van der Waals surface area (Å²) in [6.45, 7) is 6.69.